The molecule has 0 radical (unpaired) electrons. The van der Waals surface area contributed by atoms with E-state index in [4.69, 9.17) is 11.1 Å². The summed E-state index contributed by atoms with van der Waals surface area (Å²) in [5.74, 6) is 0.826. The maximum absolute atomic E-state index is 8.03. The molecule has 1 saturated heterocycles. The molecule has 0 atom stereocenters. The smallest absolute Gasteiger partial charge is 0.187 e. The molecular formula is C16H18ClN5S. The van der Waals surface area contributed by atoms with Crippen LogP contribution in [-0.4, -0.2) is 29.6 Å². The van der Waals surface area contributed by atoms with E-state index >= 15 is 0 Å². The zero-order valence-corrected chi connectivity index (χ0v) is 14.2. The van der Waals surface area contributed by atoms with Crippen LogP contribution < -0.4 is 10.6 Å². The number of hydrogen-bond acceptors (Lipinski definition) is 5. The highest BCUT2D eigenvalue weighted by Crippen LogP contribution is 2.34. The number of halogens is 1. The van der Waals surface area contributed by atoms with Crippen LogP contribution in [-0.2, 0) is 0 Å². The van der Waals surface area contributed by atoms with Crippen LogP contribution in [0.2, 0.25) is 0 Å². The Labute approximate surface area is 145 Å². The van der Waals surface area contributed by atoms with Crippen LogP contribution in [0.15, 0.2) is 29.3 Å². The number of aliphatic imine (C=N–C) groups is 1. The Hall–Kier alpha value is -1.92. The van der Waals surface area contributed by atoms with Gasteiger partial charge in [0.25, 0.3) is 0 Å². The van der Waals surface area contributed by atoms with E-state index in [9.17, 15) is 0 Å². The van der Waals surface area contributed by atoms with Crippen molar-refractivity contribution < 1.29 is 0 Å². The Morgan fingerprint density at radius 2 is 1.78 bits per heavy atom. The third kappa shape index (κ3) is 2.72. The minimum Gasteiger partial charge on any atom is -0.382 e. The normalized spacial score (nSPS) is 16.8. The minimum atomic E-state index is 0. The number of piperidine rings is 1. The zero-order chi connectivity index (χ0) is 15.1. The molecule has 1 aromatic carbocycles. The van der Waals surface area contributed by atoms with Gasteiger partial charge in [-0.3, -0.25) is 5.41 Å². The number of nitrogens with two attached hydrogens (primary N) is 1. The molecular weight excluding hydrogens is 330 g/mol. The molecule has 5 nitrogen and oxygen atoms in total. The molecule has 4 rings (SSSR count). The number of benzene rings is 1. The van der Waals surface area contributed by atoms with Gasteiger partial charge in [-0.05, 0) is 19.3 Å². The predicted octanol–water partition coefficient (Wildman–Crippen LogP) is 3.31. The summed E-state index contributed by atoms with van der Waals surface area (Å²) in [6.07, 6.45) is 3.72. The summed E-state index contributed by atoms with van der Waals surface area (Å²) in [4.78, 5) is 12.2. The molecule has 0 amide bonds. The van der Waals surface area contributed by atoms with Crippen molar-refractivity contribution in [1.82, 2.24) is 4.98 Å². The lowest BCUT2D eigenvalue weighted by Crippen LogP contribution is -2.29. The van der Waals surface area contributed by atoms with Crippen LogP contribution >= 0.6 is 23.7 Å². The summed E-state index contributed by atoms with van der Waals surface area (Å²) in [6.45, 7) is 2.09. The fourth-order valence-corrected chi connectivity index (χ4v) is 4.05. The number of thiazole rings is 1. The molecule has 2 aromatic rings. The molecule has 0 aliphatic carbocycles. The molecule has 3 heterocycles. The van der Waals surface area contributed by atoms with E-state index in [0.717, 1.165) is 39.9 Å². The van der Waals surface area contributed by atoms with E-state index in [0.29, 0.717) is 11.7 Å². The van der Waals surface area contributed by atoms with Crippen molar-refractivity contribution in [1.29, 1.82) is 5.41 Å². The van der Waals surface area contributed by atoms with E-state index in [1.165, 1.54) is 19.3 Å². The average molecular weight is 348 g/mol. The van der Waals surface area contributed by atoms with E-state index in [1.807, 2.05) is 24.3 Å². The van der Waals surface area contributed by atoms with Crippen LogP contribution in [0.25, 0.3) is 0 Å². The molecule has 0 bridgehead atoms. The highest BCUT2D eigenvalue weighted by Gasteiger charge is 2.26. The quantitative estimate of drug-likeness (QED) is 0.874. The van der Waals surface area contributed by atoms with Gasteiger partial charge in [0.2, 0.25) is 0 Å². The molecule has 1 aromatic heterocycles. The van der Waals surface area contributed by atoms with Gasteiger partial charge >= 0.3 is 0 Å². The Morgan fingerprint density at radius 1 is 1.09 bits per heavy atom. The SMILES string of the molecule is Cl.N=C1N=C(c2sc(N3CCCCC3)nc2N)c2ccccc21. The van der Waals surface area contributed by atoms with Crippen LogP contribution in [0.5, 0.6) is 0 Å². The molecule has 2 aliphatic heterocycles. The Kier molecular flexibility index (Phi) is 4.37. The number of aromatic nitrogens is 1. The second-order valence-corrected chi connectivity index (χ2v) is 6.59. The third-order valence-electron chi connectivity index (χ3n) is 4.14. The highest BCUT2D eigenvalue weighted by molar-refractivity contribution is 7.18. The number of nitrogen functional groups attached to an aromatic ring is 1. The molecule has 0 spiro atoms. The van der Waals surface area contributed by atoms with Crippen LogP contribution in [0.3, 0.4) is 0 Å². The van der Waals surface area contributed by atoms with Crippen molar-refractivity contribution in [3.05, 3.63) is 40.3 Å². The minimum absolute atomic E-state index is 0. The van der Waals surface area contributed by atoms with Crippen molar-refractivity contribution in [3.63, 3.8) is 0 Å². The van der Waals surface area contributed by atoms with Gasteiger partial charge in [0.1, 0.15) is 5.82 Å². The molecule has 3 N–H and O–H groups in total. The zero-order valence-electron chi connectivity index (χ0n) is 12.6. The Morgan fingerprint density at radius 3 is 2.52 bits per heavy atom. The largest absolute Gasteiger partial charge is 0.382 e. The number of nitrogens with one attached hydrogen (secondary N) is 1. The summed E-state index contributed by atoms with van der Waals surface area (Å²) in [5.41, 5.74) is 8.79. The number of nitrogens with zero attached hydrogens (tertiary/aromatic N) is 3. The van der Waals surface area contributed by atoms with Gasteiger partial charge in [0.05, 0.1) is 10.6 Å². The van der Waals surface area contributed by atoms with Gasteiger partial charge in [-0.1, -0.05) is 35.6 Å². The van der Waals surface area contributed by atoms with Gasteiger partial charge in [-0.2, -0.15) is 0 Å². The average Bonchev–Trinajstić information content (AvgIpc) is 3.09. The van der Waals surface area contributed by atoms with Gasteiger partial charge in [0.15, 0.2) is 11.0 Å². The summed E-state index contributed by atoms with van der Waals surface area (Å²) in [5, 5.41) is 9.01. The Balaban J connectivity index is 0.00000156. The fourth-order valence-electron chi connectivity index (χ4n) is 3.01. The van der Waals surface area contributed by atoms with Crippen molar-refractivity contribution >= 4 is 46.2 Å². The number of anilines is 2. The summed E-state index contributed by atoms with van der Waals surface area (Å²) < 4.78 is 0. The predicted molar refractivity (Wildman–Crippen MR) is 98.7 cm³/mol. The summed E-state index contributed by atoms with van der Waals surface area (Å²) >= 11 is 1.59. The maximum Gasteiger partial charge on any atom is 0.187 e. The fraction of sp³-hybridized carbons (Fsp3) is 0.312. The second kappa shape index (κ2) is 6.29. The van der Waals surface area contributed by atoms with Crippen molar-refractivity contribution in [2.45, 2.75) is 19.3 Å². The first kappa shape index (κ1) is 16.0. The van der Waals surface area contributed by atoms with Crippen molar-refractivity contribution in [3.8, 4) is 0 Å². The van der Waals surface area contributed by atoms with E-state index in [-0.39, 0.29) is 12.4 Å². The van der Waals surface area contributed by atoms with E-state index in [2.05, 4.69) is 14.9 Å². The first-order chi connectivity index (χ1) is 10.7. The lowest BCUT2D eigenvalue weighted by Gasteiger charge is -2.25. The van der Waals surface area contributed by atoms with Gasteiger partial charge in [-0.25, -0.2) is 9.98 Å². The molecule has 23 heavy (non-hydrogen) atoms. The van der Waals surface area contributed by atoms with Gasteiger partial charge in [0, 0.05) is 24.2 Å². The molecule has 0 saturated carbocycles. The monoisotopic (exact) mass is 347 g/mol. The standard InChI is InChI=1S/C16H17N5S.ClH/c17-14-11-7-3-2-6-10(11)12(19-14)13-15(18)20-16(22-13)21-8-4-1-5-9-21;/h2-3,6-7,17H,1,4-5,8-9,18H2;1H. The molecule has 0 unspecified atom stereocenters. The molecule has 120 valence electrons. The van der Waals surface area contributed by atoms with Gasteiger partial charge in [-0.15, -0.1) is 12.4 Å². The summed E-state index contributed by atoms with van der Waals surface area (Å²) in [7, 11) is 0. The molecule has 2 aliphatic rings. The van der Waals surface area contributed by atoms with Crippen molar-refractivity contribution in [2.75, 3.05) is 23.7 Å². The molecule has 7 heteroatoms. The molecule has 1 fully saturated rings. The lowest BCUT2D eigenvalue weighted by molar-refractivity contribution is 0.577. The van der Waals surface area contributed by atoms with E-state index in [1.54, 1.807) is 11.3 Å². The van der Waals surface area contributed by atoms with Crippen molar-refractivity contribution in [2.24, 2.45) is 4.99 Å². The third-order valence-corrected chi connectivity index (χ3v) is 5.28. The number of hydrogen-bond donors (Lipinski definition) is 2. The number of fused-ring (bicyclic) bond motifs is 1. The number of rotatable bonds is 2. The van der Waals surface area contributed by atoms with Crippen LogP contribution in [0.1, 0.15) is 35.3 Å². The summed E-state index contributed by atoms with van der Waals surface area (Å²) in [6, 6.07) is 7.82. The van der Waals surface area contributed by atoms with Gasteiger partial charge < -0.3 is 10.6 Å². The van der Waals surface area contributed by atoms with Crippen LogP contribution in [0, 0.1) is 5.41 Å². The Bertz CT molecular complexity index is 777. The highest BCUT2D eigenvalue weighted by atomic mass is 35.5. The first-order valence-corrected chi connectivity index (χ1v) is 8.34. The lowest BCUT2D eigenvalue weighted by atomic mass is 10.0. The second-order valence-electron chi connectivity index (χ2n) is 5.61. The topological polar surface area (TPSA) is 78.4 Å². The maximum atomic E-state index is 8.03. The van der Waals surface area contributed by atoms with Crippen LogP contribution in [0.4, 0.5) is 10.9 Å². The first-order valence-electron chi connectivity index (χ1n) is 7.52. The van der Waals surface area contributed by atoms with E-state index < -0.39 is 0 Å². The number of amidine groups is 1.